The second-order valence-electron chi connectivity index (χ2n) is 5.30. The number of rotatable bonds is 1. The van der Waals surface area contributed by atoms with Crippen molar-refractivity contribution in [3.05, 3.63) is 28.8 Å². The zero-order valence-electron chi connectivity index (χ0n) is 12.2. The topological polar surface area (TPSA) is 58.4 Å². The molecule has 1 saturated heterocycles. The average Bonchev–Trinajstić information content (AvgIpc) is 2.48. The Balaban J connectivity index is 2.10. The van der Waals surface area contributed by atoms with Crippen LogP contribution in [0.15, 0.2) is 18.2 Å². The Morgan fingerprint density at radius 1 is 1.48 bits per heavy atom. The molecule has 2 amide bonds. The van der Waals surface area contributed by atoms with Gasteiger partial charge in [0.2, 0.25) is 0 Å². The highest BCUT2D eigenvalue weighted by Gasteiger charge is 2.20. The summed E-state index contributed by atoms with van der Waals surface area (Å²) in [7, 11) is 0. The van der Waals surface area contributed by atoms with Crippen LogP contribution in [0.25, 0.3) is 0 Å². The number of halogens is 1. The van der Waals surface area contributed by atoms with E-state index in [2.05, 4.69) is 24.1 Å². The third-order valence-corrected chi connectivity index (χ3v) is 3.85. The van der Waals surface area contributed by atoms with Gasteiger partial charge in [-0.25, -0.2) is 4.79 Å². The number of amides is 2. The quantitative estimate of drug-likeness (QED) is 0.784. The zero-order chi connectivity index (χ0) is 15.2. The minimum absolute atomic E-state index is 0.0833. The molecular formula is C16H20ClN3O. The molecule has 1 fully saturated rings. The SMILES string of the molecule is CC1CCN(C(=O)Nc2ccc(Cl)cc2C#CCN)CC1. The van der Waals surface area contributed by atoms with E-state index in [1.165, 1.54) is 0 Å². The molecule has 0 unspecified atom stereocenters. The number of nitrogens with two attached hydrogens (primary N) is 1. The van der Waals surface area contributed by atoms with Gasteiger partial charge in [-0.3, -0.25) is 0 Å². The number of nitrogens with zero attached hydrogens (tertiary/aromatic N) is 1. The van der Waals surface area contributed by atoms with Gasteiger partial charge in [0.15, 0.2) is 0 Å². The summed E-state index contributed by atoms with van der Waals surface area (Å²) < 4.78 is 0. The number of hydrogen-bond donors (Lipinski definition) is 2. The lowest BCUT2D eigenvalue weighted by Crippen LogP contribution is -2.40. The fraction of sp³-hybridized carbons (Fsp3) is 0.438. The smallest absolute Gasteiger partial charge is 0.321 e. The van der Waals surface area contributed by atoms with Gasteiger partial charge >= 0.3 is 6.03 Å². The molecule has 5 heteroatoms. The number of nitrogens with one attached hydrogen (secondary N) is 1. The van der Waals surface area contributed by atoms with Crippen molar-refractivity contribution in [2.45, 2.75) is 19.8 Å². The van der Waals surface area contributed by atoms with Gasteiger partial charge in [-0.15, -0.1) is 0 Å². The van der Waals surface area contributed by atoms with Crippen LogP contribution in [0.2, 0.25) is 5.02 Å². The van der Waals surface area contributed by atoms with E-state index in [-0.39, 0.29) is 12.6 Å². The molecule has 21 heavy (non-hydrogen) atoms. The van der Waals surface area contributed by atoms with E-state index in [4.69, 9.17) is 17.3 Å². The number of urea groups is 1. The van der Waals surface area contributed by atoms with Gasteiger partial charge < -0.3 is 16.0 Å². The van der Waals surface area contributed by atoms with E-state index in [0.717, 1.165) is 25.9 Å². The molecule has 0 bridgehead atoms. The lowest BCUT2D eigenvalue weighted by Gasteiger charge is -2.30. The van der Waals surface area contributed by atoms with E-state index < -0.39 is 0 Å². The maximum Gasteiger partial charge on any atom is 0.321 e. The van der Waals surface area contributed by atoms with Crippen LogP contribution in [-0.2, 0) is 0 Å². The zero-order valence-corrected chi connectivity index (χ0v) is 12.9. The summed E-state index contributed by atoms with van der Waals surface area (Å²) in [4.78, 5) is 14.1. The van der Waals surface area contributed by atoms with E-state index in [9.17, 15) is 4.79 Å². The molecule has 0 aliphatic carbocycles. The summed E-state index contributed by atoms with van der Waals surface area (Å²) in [6.45, 7) is 4.08. The molecule has 0 atom stereocenters. The summed E-state index contributed by atoms with van der Waals surface area (Å²) >= 11 is 5.97. The van der Waals surface area contributed by atoms with Gasteiger partial charge in [-0.05, 0) is 37.0 Å². The molecule has 112 valence electrons. The Hall–Kier alpha value is -1.70. The van der Waals surface area contributed by atoms with Gasteiger partial charge in [0.05, 0.1) is 12.2 Å². The lowest BCUT2D eigenvalue weighted by molar-refractivity contribution is 0.186. The first-order valence-electron chi connectivity index (χ1n) is 7.14. The van der Waals surface area contributed by atoms with Crippen molar-refractivity contribution in [1.29, 1.82) is 0 Å². The Bertz CT molecular complexity index is 569. The van der Waals surface area contributed by atoms with Crippen molar-refractivity contribution in [2.24, 2.45) is 11.7 Å². The normalized spacial score (nSPS) is 15.3. The van der Waals surface area contributed by atoms with Crippen LogP contribution in [0.4, 0.5) is 10.5 Å². The van der Waals surface area contributed by atoms with Crippen LogP contribution in [0.3, 0.4) is 0 Å². The Morgan fingerprint density at radius 3 is 2.86 bits per heavy atom. The highest BCUT2D eigenvalue weighted by molar-refractivity contribution is 6.30. The fourth-order valence-corrected chi connectivity index (χ4v) is 2.45. The highest BCUT2D eigenvalue weighted by atomic mass is 35.5. The number of carbonyl (C=O) groups excluding carboxylic acids is 1. The predicted octanol–water partition coefficient (Wildman–Crippen LogP) is 2.91. The third kappa shape index (κ3) is 4.38. The van der Waals surface area contributed by atoms with Gasteiger partial charge in [0, 0.05) is 23.7 Å². The summed E-state index contributed by atoms with van der Waals surface area (Å²) in [5.41, 5.74) is 6.75. The van der Waals surface area contributed by atoms with Crippen LogP contribution >= 0.6 is 11.6 Å². The van der Waals surface area contributed by atoms with Crippen molar-refractivity contribution in [1.82, 2.24) is 4.90 Å². The molecule has 0 radical (unpaired) electrons. The average molecular weight is 306 g/mol. The minimum Gasteiger partial charge on any atom is -0.325 e. The van der Waals surface area contributed by atoms with Gasteiger partial charge in [-0.2, -0.15) is 0 Å². The van der Waals surface area contributed by atoms with Crippen molar-refractivity contribution >= 4 is 23.3 Å². The predicted molar refractivity (Wildman–Crippen MR) is 86.4 cm³/mol. The summed E-state index contributed by atoms with van der Waals surface area (Å²) in [5, 5.41) is 3.50. The Labute approximate surface area is 130 Å². The number of carbonyl (C=O) groups is 1. The van der Waals surface area contributed by atoms with Gasteiger partial charge in [-0.1, -0.05) is 30.4 Å². The van der Waals surface area contributed by atoms with Crippen molar-refractivity contribution in [3.63, 3.8) is 0 Å². The van der Waals surface area contributed by atoms with E-state index in [0.29, 0.717) is 22.2 Å². The number of piperidine rings is 1. The molecule has 0 saturated carbocycles. The molecular weight excluding hydrogens is 286 g/mol. The van der Waals surface area contributed by atoms with Gasteiger partial charge in [0.25, 0.3) is 0 Å². The summed E-state index contributed by atoms with van der Waals surface area (Å²) in [6, 6.07) is 5.16. The second-order valence-corrected chi connectivity index (χ2v) is 5.73. The Kier molecular flexibility index (Phi) is 5.49. The Morgan fingerprint density at radius 2 is 2.19 bits per heavy atom. The molecule has 4 nitrogen and oxygen atoms in total. The highest BCUT2D eigenvalue weighted by Crippen LogP contribution is 2.22. The minimum atomic E-state index is -0.0833. The molecule has 1 heterocycles. The molecule has 1 aromatic rings. The molecule has 1 aliphatic heterocycles. The fourth-order valence-electron chi connectivity index (χ4n) is 2.28. The summed E-state index contributed by atoms with van der Waals surface area (Å²) in [6.07, 6.45) is 2.10. The van der Waals surface area contributed by atoms with Crippen LogP contribution in [0.1, 0.15) is 25.3 Å². The largest absolute Gasteiger partial charge is 0.325 e. The van der Waals surface area contributed by atoms with Crippen LogP contribution in [0.5, 0.6) is 0 Å². The van der Waals surface area contributed by atoms with Crippen LogP contribution < -0.4 is 11.1 Å². The molecule has 2 rings (SSSR count). The molecule has 0 spiro atoms. The summed E-state index contributed by atoms with van der Waals surface area (Å²) in [5.74, 6) is 6.41. The first-order chi connectivity index (χ1) is 10.1. The first-order valence-corrected chi connectivity index (χ1v) is 7.52. The number of benzene rings is 1. The number of likely N-dealkylation sites (tertiary alicyclic amines) is 1. The van der Waals surface area contributed by atoms with Crippen LogP contribution in [-0.4, -0.2) is 30.6 Å². The monoisotopic (exact) mass is 305 g/mol. The second kappa shape index (κ2) is 7.35. The lowest BCUT2D eigenvalue weighted by atomic mass is 10.00. The maximum absolute atomic E-state index is 12.3. The van der Waals surface area contributed by atoms with Crippen molar-refractivity contribution in [2.75, 3.05) is 25.0 Å². The molecule has 1 aliphatic rings. The number of anilines is 1. The standard InChI is InChI=1S/C16H20ClN3O/c1-12-6-9-20(10-7-12)16(21)19-15-5-4-14(17)11-13(15)3-2-8-18/h4-5,11-12H,6-10,18H2,1H3,(H,19,21). The molecule has 1 aromatic carbocycles. The van der Waals surface area contributed by atoms with Crippen molar-refractivity contribution in [3.8, 4) is 11.8 Å². The van der Waals surface area contributed by atoms with Crippen molar-refractivity contribution < 1.29 is 4.79 Å². The van der Waals surface area contributed by atoms with E-state index >= 15 is 0 Å². The first kappa shape index (κ1) is 15.7. The number of hydrogen-bond acceptors (Lipinski definition) is 2. The van der Waals surface area contributed by atoms with E-state index in [1.807, 2.05) is 4.90 Å². The molecule has 0 aromatic heterocycles. The molecule has 3 N–H and O–H groups in total. The van der Waals surface area contributed by atoms with Crippen LogP contribution in [0, 0.1) is 17.8 Å². The van der Waals surface area contributed by atoms with Gasteiger partial charge in [0.1, 0.15) is 0 Å². The third-order valence-electron chi connectivity index (χ3n) is 3.62. The van der Waals surface area contributed by atoms with E-state index in [1.54, 1.807) is 18.2 Å². The maximum atomic E-state index is 12.3.